The minimum atomic E-state index is 0.0839. The molecular weight excluding hydrogens is 488 g/mol. The predicted molar refractivity (Wildman–Crippen MR) is 153 cm³/mol. The molecule has 0 atom stereocenters. The van der Waals surface area contributed by atoms with Gasteiger partial charge in [-0.25, -0.2) is 4.98 Å². The summed E-state index contributed by atoms with van der Waals surface area (Å²) in [6.45, 7) is 4.72. The molecule has 0 unspecified atom stereocenters. The standard InChI is InChI=1S/C30H32N8O/c1-37-9-11-38(12-10-37)26-18-32-17-25-28(26)36-29(35-25)27-24-14-21(7-4-19(24)3-2-8-33-27)22-13-23(16-31-15-22)34-30(39)20-5-6-20/h4,7,13-18,20H,2-3,5-6,8-12H2,1H3,(H,34,39)(H,35,36). The molecular formula is C30H32N8O. The van der Waals surface area contributed by atoms with Crippen molar-refractivity contribution in [1.29, 1.82) is 0 Å². The van der Waals surface area contributed by atoms with Gasteiger partial charge in [0, 0.05) is 56.0 Å². The summed E-state index contributed by atoms with van der Waals surface area (Å²) in [6.07, 6.45) is 11.2. The molecule has 2 N–H and O–H groups in total. The smallest absolute Gasteiger partial charge is 0.227 e. The van der Waals surface area contributed by atoms with E-state index in [9.17, 15) is 4.79 Å². The number of aliphatic imine (C=N–C) groups is 1. The lowest BCUT2D eigenvalue weighted by Gasteiger charge is -2.33. The molecule has 0 radical (unpaired) electrons. The molecule has 5 heterocycles. The van der Waals surface area contributed by atoms with Gasteiger partial charge < -0.3 is 20.1 Å². The van der Waals surface area contributed by atoms with E-state index in [4.69, 9.17) is 9.98 Å². The Hall–Kier alpha value is -4.11. The first-order valence-electron chi connectivity index (χ1n) is 13.8. The zero-order chi connectivity index (χ0) is 26.3. The van der Waals surface area contributed by atoms with Gasteiger partial charge in [0.05, 0.1) is 35.5 Å². The predicted octanol–water partition coefficient (Wildman–Crippen LogP) is 3.90. The lowest BCUT2D eigenvalue weighted by atomic mass is 9.95. The zero-order valence-corrected chi connectivity index (χ0v) is 22.2. The number of likely N-dealkylation sites (N-methyl/N-ethyl adjacent to an activating group) is 1. The fourth-order valence-corrected chi connectivity index (χ4v) is 5.51. The van der Waals surface area contributed by atoms with Crippen LogP contribution >= 0.6 is 0 Å². The average molecular weight is 521 g/mol. The van der Waals surface area contributed by atoms with Crippen LogP contribution in [0.5, 0.6) is 0 Å². The third kappa shape index (κ3) is 4.78. The molecule has 4 aromatic rings. The number of carbonyl (C=O) groups is 1. The number of benzene rings is 1. The van der Waals surface area contributed by atoms with Gasteiger partial charge in [0.2, 0.25) is 5.91 Å². The fourth-order valence-electron chi connectivity index (χ4n) is 5.51. The maximum Gasteiger partial charge on any atom is 0.227 e. The minimum Gasteiger partial charge on any atom is -0.366 e. The molecule has 0 bridgehead atoms. The van der Waals surface area contributed by atoms with E-state index >= 15 is 0 Å². The lowest BCUT2D eigenvalue weighted by molar-refractivity contribution is -0.117. The molecule has 7 rings (SSSR count). The quantitative estimate of drug-likeness (QED) is 0.414. The Labute approximate surface area is 227 Å². The van der Waals surface area contributed by atoms with Crippen molar-refractivity contribution in [2.45, 2.75) is 25.7 Å². The van der Waals surface area contributed by atoms with Crippen molar-refractivity contribution in [3.63, 3.8) is 0 Å². The van der Waals surface area contributed by atoms with Gasteiger partial charge in [-0.05, 0) is 56.0 Å². The van der Waals surface area contributed by atoms with Crippen molar-refractivity contribution in [3.8, 4) is 11.1 Å². The van der Waals surface area contributed by atoms with Crippen molar-refractivity contribution in [2.24, 2.45) is 10.9 Å². The number of nitrogens with zero attached hydrogens (tertiary/aromatic N) is 6. The highest BCUT2D eigenvalue weighted by molar-refractivity contribution is 6.14. The maximum atomic E-state index is 12.3. The molecule has 3 aliphatic rings. The molecule has 39 heavy (non-hydrogen) atoms. The molecule has 1 aromatic carbocycles. The Morgan fingerprint density at radius 2 is 1.85 bits per heavy atom. The highest BCUT2D eigenvalue weighted by Crippen LogP contribution is 2.32. The number of amides is 1. The summed E-state index contributed by atoms with van der Waals surface area (Å²) in [5, 5.41) is 3.02. The molecule has 198 valence electrons. The molecule has 3 aromatic heterocycles. The van der Waals surface area contributed by atoms with Crippen LogP contribution in [0.4, 0.5) is 11.4 Å². The molecule has 2 fully saturated rings. The summed E-state index contributed by atoms with van der Waals surface area (Å²) in [5.41, 5.74) is 8.90. The number of hydrogen-bond acceptors (Lipinski definition) is 7. The van der Waals surface area contributed by atoms with Gasteiger partial charge in [-0.1, -0.05) is 12.1 Å². The summed E-state index contributed by atoms with van der Waals surface area (Å²) in [7, 11) is 2.16. The summed E-state index contributed by atoms with van der Waals surface area (Å²) < 4.78 is 0. The highest BCUT2D eigenvalue weighted by atomic mass is 16.2. The number of hydrogen-bond donors (Lipinski definition) is 2. The Kier molecular flexibility index (Phi) is 6.08. The van der Waals surface area contributed by atoms with Crippen molar-refractivity contribution in [1.82, 2.24) is 24.8 Å². The SMILES string of the molecule is CN1CCN(c2cncc3[nH]c(C4=NCCCc5ccc(-c6cncc(NC(=O)C7CC7)c6)cc54)nc23)CC1. The number of pyridine rings is 2. The van der Waals surface area contributed by atoms with Crippen molar-refractivity contribution in [2.75, 3.05) is 50.0 Å². The van der Waals surface area contributed by atoms with E-state index in [0.717, 1.165) is 109 Å². The number of nitrogens with one attached hydrogen (secondary N) is 2. The van der Waals surface area contributed by atoms with Crippen LogP contribution in [0, 0.1) is 5.92 Å². The second kappa shape index (κ2) is 9.89. The molecule has 1 saturated heterocycles. The number of imidazole rings is 1. The van der Waals surface area contributed by atoms with Crippen LogP contribution in [-0.4, -0.2) is 76.2 Å². The molecule has 9 nitrogen and oxygen atoms in total. The maximum absolute atomic E-state index is 12.3. The van der Waals surface area contributed by atoms with E-state index in [0.29, 0.717) is 0 Å². The number of aromatic amines is 1. The number of fused-ring (bicyclic) bond motifs is 2. The van der Waals surface area contributed by atoms with Gasteiger partial charge >= 0.3 is 0 Å². The van der Waals surface area contributed by atoms with E-state index in [1.165, 1.54) is 5.56 Å². The Morgan fingerprint density at radius 1 is 1.00 bits per heavy atom. The fraction of sp³-hybridized carbons (Fsp3) is 0.367. The van der Waals surface area contributed by atoms with Gasteiger partial charge in [0.25, 0.3) is 0 Å². The summed E-state index contributed by atoms with van der Waals surface area (Å²) in [5.74, 6) is 1.01. The van der Waals surface area contributed by atoms with E-state index in [2.05, 4.69) is 55.3 Å². The molecule has 9 heteroatoms. The van der Waals surface area contributed by atoms with Crippen molar-refractivity contribution in [3.05, 3.63) is 66.0 Å². The van der Waals surface area contributed by atoms with E-state index in [1.807, 2.05) is 24.7 Å². The van der Waals surface area contributed by atoms with Crippen LogP contribution in [0.1, 0.15) is 36.2 Å². The molecule has 1 aliphatic carbocycles. The first-order chi connectivity index (χ1) is 19.1. The van der Waals surface area contributed by atoms with Gasteiger partial charge in [-0.2, -0.15) is 0 Å². The topological polar surface area (TPSA) is 102 Å². The minimum absolute atomic E-state index is 0.0839. The van der Waals surface area contributed by atoms with Crippen LogP contribution in [0.25, 0.3) is 22.2 Å². The number of rotatable bonds is 5. The van der Waals surface area contributed by atoms with Gasteiger partial charge in [0.15, 0.2) is 5.82 Å². The number of aromatic nitrogens is 4. The van der Waals surface area contributed by atoms with Gasteiger partial charge in [-0.3, -0.25) is 19.8 Å². The number of carbonyl (C=O) groups excluding carboxylic acids is 1. The van der Waals surface area contributed by atoms with Crippen LogP contribution in [-0.2, 0) is 11.2 Å². The van der Waals surface area contributed by atoms with Crippen LogP contribution < -0.4 is 10.2 Å². The van der Waals surface area contributed by atoms with Gasteiger partial charge in [-0.15, -0.1) is 0 Å². The van der Waals surface area contributed by atoms with Crippen molar-refractivity contribution >= 4 is 34.0 Å². The number of anilines is 2. The summed E-state index contributed by atoms with van der Waals surface area (Å²) in [6, 6.07) is 8.52. The second-order valence-corrected chi connectivity index (χ2v) is 10.9. The summed E-state index contributed by atoms with van der Waals surface area (Å²) >= 11 is 0. The van der Waals surface area contributed by atoms with E-state index < -0.39 is 0 Å². The van der Waals surface area contributed by atoms with E-state index in [-0.39, 0.29) is 11.8 Å². The Morgan fingerprint density at radius 3 is 2.69 bits per heavy atom. The lowest BCUT2D eigenvalue weighted by Crippen LogP contribution is -2.44. The van der Waals surface area contributed by atoms with Crippen molar-refractivity contribution < 1.29 is 4.79 Å². The molecule has 0 spiro atoms. The van der Waals surface area contributed by atoms with Crippen LogP contribution in [0.3, 0.4) is 0 Å². The monoisotopic (exact) mass is 520 g/mol. The normalized spacial score (nSPS) is 18.0. The first kappa shape index (κ1) is 24.0. The third-order valence-corrected chi connectivity index (χ3v) is 7.97. The molecule has 1 saturated carbocycles. The van der Waals surface area contributed by atoms with Crippen LogP contribution in [0.15, 0.2) is 54.0 Å². The second-order valence-electron chi connectivity index (χ2n) is 10.9. The average Bonchev–Trinajstić information content (AvgIpc) is 3.76. The Balaban J connectivity index is 1.24. The van der Waals surface area contributed by atoms with Gasteiger partial charge in [0.1, 0.15) is 11.2 Å². The molecule has 2 aliphatic heterocycles. The number of piperazine rings is 1. The first-order valence-corrected chi connectivity index (χ1v) is 13.8. The number of aryl methyl sites for hydroxylation is 1. The van der Waals surface area contributed by atoms with E-state index in [1.54, 1.807) is 6.20 Å². The summed E-state index contributed by atoms with van der Waals surface area (Å²) in [4.78, 5) is 39.6. The Bertz CT molecular complexity index is 1580. The highest BCUT2D eigenvalue weighted by Gasteiger charge is 2.29. The molecule has 1 amide bonds. The third-order valence-electron chi connectivity index (χ3n) is 7.97. The largest absolute Gasteiger partial charge is 0.366 e. The number of H-pyrrole nitrogens is 1. The van der Waals surface area contributed by atoms with Crippen LogP contribution in [0.2, 0.25) is 0 Å². The zero-order valence-electron chi connectivity index (χ0n) is 22.2.